The zero-order chi connectivity index (χ0) is 12.3. The van der Waals surface area contributed by atoms with Crippen molar-refractivity contribution >= 4 is 6.29 Å². The molecule has 2 rings (SSSR count). The third-order valence-electron chi connectivity index (χ3n) is 3.33. The number of carbonyl (C=O) groups is 1. The summed E-state index contributed by atoms with van der Waals surface area (Å²) in [5.74, 6) is 1.12. The lowest BCUT2D eigenvalue weighted by Gasteiger charge is -2.37. The second-order valence-corrected chi connectivity index (χ2v) is 4.70. The molecule has 5 nitrogen and oxygen atoms in total. The van der Waals surface area contributed by atoms with Gasteiger partial charge in [0.1, 0.15) is 5.60 Å². The van der Waals surface area contributed by atoms with Crippen molar-refractivity contribution in [2.45, 2.75) is 45.1 Å². The summed E-state index contributed by atoms with van der Waals surface area (Å²) < 4.78 is 10.7. The molecular formula is C12H18N2O3. The minimum Gasteiger partial charge on any atom is -0.367 e. The minimum absolute atomic E-state index is 0.0253. The van der Waals surface area contributed by atoms with Crippen molar-refractivity contribution in [3.8, 4) is 0 Å². The normalized spacial score (nSPS) is 29.2. The molecule has 1 aliphatic rings. The molecule has 94 valence electrons. The molecule has 17 heavy (non-hydrogen) atoms. The van der Waals surface area contributed by atoms with Crippen molar-refractivity contribution in [3.05, 3.63) is 11.7 Å². The van der Waals surface area contributed by atoms with E-state index in [0.717, 1.165) is 19.3 Å². The van der Waals surface area contributed by atoms with Crippen LogP contribution in [0.5, 0.6) is 0 Å². The number of aldehydes is 1. The number of hydrogen-bond acceptors (Lipinski definition) is 5. The Hall–Kier alpha value is -1.23. The number of carbonyl (C=O) groups excluding carboxylic acids is 1. The Morgan fingerprint density at radius 3 is 3.06 bits per heavy atom. The average Bonchev–Trinajstić information content (AvgIpc) is 2.78. The van der Waals surface area contributed by atoms with Gasteiger partial charge in [0.15, 0.2) is 0 Å². The van der Waals surface area contributed by atoms with Gasteiger partial charge in [-0.15, -0.1) is 0 Å². The molecule has 0 amide bonds. The summed E-state index contributed by atoms with van der Waals surface area (Å²) in [4.78, 5) is 14.7. The quantitative estimate of drug-likeness (QED) is 0.753. The van der Waals surface area contributed by atoms with Gasteiger partial charge in [0.25, 0.3) is 5.89 Å². The maximum Gasteiger partial charge on any atom is 0.290 e. The van der Waals surface area contributed by atoms with Crippen LogP contribution < -0.4 is 0 Å². The number of rotatable bonds is 4. The monoisotopic (exact) mass is 238 g/mol. The molecule has 2 atom stereocenters. The summed E-state index contributed by atoms with van der Waals surface area (Å²) in [5, 5.41) is 3.89. The van der Waals surface area contributed by atoms with Gasteiger partial charge < -0.3 is 9.26 Å². The number of nitrogens with zero attached hydrogens (tertiary/aromatic N) is 2. The molecule has 1 fully saturated rings. The molecular weight excluding hydrogens is 220 g/mol. The maximum atomic E-state index is 10.6. The highest BCUT2D eigenvalue weighted by molar-refractivity contribution is 5.67. The zero-order valence-electron chi connectivity index (χ0n) is 10.3. The lowest BCUT2D eigenvalue weighted by Crippen LogP contribution is -2.36. The van der Waals surface area contributed by atoms with Gasteiger partial charge in [0.05, 0.1) is 0 Å². The van der Waals surface area contributed by atoms with Crippen LogP contribution in [0.1, 0.15) is 56.0 Å². The lowest BCUT2D eigenvalue weighted by molar-refractivity contribution is -0.0891. The van der Waals surface area contributed by atoms with Crippen LogP contribution in [-0.4, -0.2) is 23.0 Å². The Balaban J connectivity index is 2.29. The summed E-state index contributed by atoms with van der Waals surface area (Å²) in [6.45, 7) is 4.77. The number of ether oxygens (including phenoxy) is 1. The first kappa shape index (κ1) is 12.2. The first-order chi connectivity index (χ1) is 8.20. The molecule has 1 saturated carbocycles. The van der Waals surface area contributed by atoms with Gasteiger partial charge in [-0.05, 0) is 32.1 Å². The van der Waals surface area contributed by atoms with Crippen molar-refractivity contribution in [1.29, 1.82) is 0 Å². The van der Waals surface area contributed by atoms with Crippen molar-refractivity contribution in [3.63, 3.8) is 0 Å². The first-order valence-corrected chi connectivity index (χ1v) is 6.13. The molecule has 0 N–H and O–H groups in total. The predicted octanol–water partition coefficient (Wildman–Crippen LogP) is 2.32. The van der Waals surface area contributed by atoms with Gasteiger partial charge >= 0.3 is 0 Å². The van der Waals surface area contributed by atoms with E-state index in [1.165, 1.54) is 6.42 Å². The minimum atomic E-state index is -0.461. The van der Waals surface area contributed by atoms with Crippen molar-refractivity contribution in [2.24, 2.45) is 5.92 Å². The average molecular weight is 238 g/mol. The predicted molar refractivity (Wildman–Crippen MR) is 60.6 cm³/mol. The first-order valence-electron chi connectivity index (χ1n) is 6.13. The Labute approximate surface area is 101 Å². The van der Waals surface area contributed by atoms with Crippen LogP contribution in [0, 0.1) is 5.92 Å². The Kier molecular flexibility index (Phi) is 3.57. The van der Waals surface area contributed by atoms with E-state index < -0.39 is 5.60 Å². The second-order valence-electron chi connectivity index (χ2n) is 4.70. The third-order valence-corrected chi connectivity index (χ3v) is 3.33. The van der Waals surface area contributed by atoms with E-state index in [4.69, 9.17) is 9.26 Å². The standard InChI is InChI=1S/C12H18N2O3/c1-3-16-12(6-4-5-9(2)7-12)11-13-10(8-15)17-14-11/h8-9H,3-7H2,1-2H3. The molecule has 1 heterocycles. The molecule has 0 aromatic carbocycles. The molecule has 1 aromatic rings. The van der Waals surface area contributed by atoms with Crippen LogP contribution in [0.4, 0.5) is 0 Å². The van der Waals surface area contributed by atoms with Gasteiger partial charge in [-0.3, -0.25) is 4.79 Å². The Morgan fingerprint density at radius 1 is 1.65 bits per heavy atom. The van der Waals surface area contributed by atoms with Crippen LogP contribution in [0.2, 0.25) is 0 Å². The van der Waals surface area contributed by atoms with Crippen molar-refractivity contribution in [2.75, 3.05) is 6.61 Å². The molecule has 0 spiro atoms. The van der Waals surface area contributed by atoms with E-state index in [2.05, 4.69) is 17.1 Å². The molecule has 1 aromatic heterocycles. The van der Waals surface area contributed by atoms with Crippen molar-refractivity contribution in [1.82, 2.24) is 10.1 Å². The van der Waals surface area contributed by atoms with Crippen LogP contribution in [0.3, 0.4) is 0 Å². The molecule has 0 radical (unpaired) electrons. The van der Waals surface area contributed by atoms with Crippen LogP contribution in [-0.2, 0) is 10.3 Å². The molecule has 0 saturated heterocycles. The molecule has 2 unspecified atom stereocenters. The van der Waals surface area contributed by atoms with Gasteiger partial charge in [-0.25, -0.2) is 0 Å². The Morgan fingerprint density at radius 2 is 2.47 bits per heavy atom. The van der Waals surface area contributed by atoms with Crippen LogP contribution in [0.25, 0.3) is 0 Å². The van der Waals surface area contributed by atoms with Gasteiger partial charge in [0, 0.05) is 6.61 Å². The molecule has 5 heteroatoms. The van der Waals surface area contributed by atoms with E-state index in [1.807, 2.05) is 6.92 Å². The van der Waals surface area contributed by atoms with Gasteiger partial charge in [-0.1, -0.05) is 18.5 Å². The van der Waals surface area contributed by atoms with Crippen molar-refractivity contribution < 1.29 is 14.1 Å². The SMILES string of the molecule is CCOC1(c2noc(C=O)n2)CCCC(C)C1. The summed E-state index contributed by atoms with van der Waals surface area (Å²) in [5.41, 5.74) is -0.461. The van der Waals surface area contributed by atoms with E-state index in [0.29, 0.717) is 24.6 Å². The molecule has 1 aliphatic carbocycles. The summed E-state index contributed by atoms with van der Waals surface area (Å²) in [6.07, 6.45) is 4.64. The summed E-state index contributed by atoms with van der Waals surface area (Å²) in [7, 11) is 0. The topological polar surface area (TPSA) is 65.2 Å². The van der Waals surface area contributed by atoms with E-state index >= 15 is 0 Å². The highest BCUT2D eigenvalue weighted by Gasteiger charge is 2.41. The van der Waals surface area contributed by atoms with E-state index in [9.17, 15) is 4.79 Å². The molecule has 0 bridgehead atoms. The lowest BCUT2D eigenvalue weighted by atomic mass is 9.78. The van der Waals surface area contributed by atoms with E-state index in [1.54, 1.807) is 0 Å². The largest absolute Gasteiger partial charge is 0.367 e. The summed E-state index contributed by atoms with van der Waals surface area (Å²) >= 11 is 0. The highest BCUT2D eigenvalue weighted by atomic mass is 16.5. The van der Waals surface area contributed by atoms with Gasteiger partial charge in [-0.2, -0.15) is 4.98 Å². The number of aromatic nitrogens is 2. The van der Waals surface area contributed by atoms with Gasteiger partial charge in [0.2, 0.25) is 12.1 Å². The van der Waals surface area contributed by atoms with E-state index in [-0.39, 0.29) is 5.89 Å². The van der Waals surface area contributed by atoms with Crippen LogP contribution in [0.15, 0.2) is 4.52 Å². The smallest absolute Gasteiger partial charge is 0.290 e. The fourth-order valence-corrected chi connectivity index (χ4v) is 2.65. The Bertz CT molecular complexity index is 387. The third kappa shape index (κ3) is 2.39. The molecule has 0 aliphatic heterocycles. The fourth-order valence-electron chi connectivity index (χ4n) is 2.65. The fraction of sp³-hybridized carbons (Fsp3) is 0.750. The zero-order valence-corrected chi connectivity index (χ0v) is 10.3. The highest BCUT2D eigenvalue weighted by Crippen LogP contribution is 2.41. The summed E-state index contributed by atoms with van der Waals surface area (Å²) in [6, 6.07) is 0. The second kappa shape index (κ2) is 4.96. The maximum absolute atomic E-state index is 10.6. The number of hydrogen-bond donors (Lipinski definition) is 0. The van der Waals surface area contributed by atoms with Crippen LogP contribution >= 0.6 is 0 Å².